The van der Waals surface area contributed by atoms with Gasteiger partial charge in [0.2, 0.25) is 11.8 Å². The van der Waals surface area contributed by atoms with Crippen molar-refractivity contribution in [2.45, 2.75) is 18.6 Å². The molecule has 2 amide bonds. The topological polar surface area (TPSA) is 110 Å². The highest BCUT2D eigenvalue weighted by molar-refractivity contribution is 8.04. The molecule has 2 heterocycles. The molecule has 5 rings (SSSR count). The number of rotatable bonds is 6. The average molecular weight is 522 g/mol. The standard InChI is InChI=1S/C28H19N5O2S2/c1-17-7-12-23-22(13-17)32-26(36-23)18-8-10-21(11-9-18)33-25(34)14-24(28(33)35)37-27(19(15-29)16-30)31-20-5-3-2-4-6-20/h2-13,24,31H,14H2,1H3/t24-/m1/s1. The molecule has 4 aromatic rings. The van der Waals surface area contributed by atoms with Gasteiger partial charge in [-0.1, -0.05) is 36.0 Å². The zero-order valence-electron chi connectivity index (χ0n) is 19.6. The van der Waals surface area contributed by atoms with Gasteiger partial charge in [-0.15, -0.1) is 11.3 Å². The molecular formula is C28H19N5O2S2. The van der Waals surface area contributed by atoms with Crippen LogP contribution in [0.3, 0.4) is 0 Å². The number of carbonyl (C=O) groups excluding carboxylic acids is 2. The van der Waals surface area contributed by atoms with Crippen LogP contribution in [0, 0.1) is 29.6 Å². The highest BCUT2D eigenvalue weighted by atomic mass is 32.2. The largest absolute Gasteiger partial charge is 0.349 e. The fraction of sp³-hybridized carbons (Fsp3) is 0.107. The SMILES string of the molecule is Cc1ccc2sc(-c3ccc(N4C(=O)C[C@@H](SC(Nc5ccccc5)=C(C#N)C#N)C4=O)cc3)nc2c1. The molecule has 1 aliphatic rings. The Balaban J connectivity index is 1.36. The van der Waals surface area contributed by atoms with Crippen LogP contribution in [0.1, 0.15) is 12.0 Å². The van der Waals surface area contributed by atoms with E-state index in [-0.39, 0.29) is 28.8 Å². The fourth-order valence-corrected chi connectivity index (χ4v) is 6.01. The fourth-order valence-electron chi connectivity index (χ4n) is 3.95. The van der Waals surface area contributed by atoms with Crippen molar-refractivity contribution >= 4 is 56.5 Å². The van der Waals surface area contributed by atoms with Crippen molar-refractivity contribution in [1.82, 2.24) is 4.98 Å². The first-order valence-electron chi connectivity index (χ1n) is 11.3. The molecule has 3 aromatic carbocycles. The summed E-state index contributed by atoms with van der Waals surface area (Å²) in [7, 11) is 0. The quantitative estimate of drug-likeness (QED) is 0.244. The molecule has 1 saturated heterocycles. The molecule has 0 unspecified atom stereocenters. The van der Waals surface area contributed by atoms with E-state index < -0.39 is 5.25 Å². The van der Waals surface area contributed by atoms with E-state index in [1.807, 2.05) is 55.5 Å². The molecule has 0 radical (unpaired) electrons. The van der Waals surface area contributed by atoms with Crippen LogP contribution in [0.5, 0.6) is 0 Å². The number of hydrogen-bond acceptors (Lipinski definition) is 8. The minimum atomic E-state index is -0.761. The summed E-state index contributed by atoms with van der Waals surface area (Å²) in [5.74, 6) is -0.721. The minimum absolute atomic E-state index is 0.0351. The van der Waals surface area contributed by atoms with Gasteiger partial charge in [0, 0.05) is 17.7 Å². The van der Waals surface area contributed by atoms with E-state index in [0.29, 0.717) is 11.4 Å². The number of allylic oxidation sites excluding steroid dienone is 1. The van der Waals surface area contributed by atoms with Gasteiger partial charge in [0.15, 0.2) is 5.57 Å². The van der Waals surface area contributed by atoms with Crippen molar-refractivity contribution in [2.75, 3.05) is 10.2 Å². The Morgan fingerprint density at radius 2 is 1.78 bits per heavy atom. The zero-order chi connectivity index (χ0) is 25.9. The van der Waals surface area contributed by atoms with Gasteiger partial charge in [-0.2, -0.15) is 10.5 Å². The van der Waals surface area contributed by atoms with Crippen LogP contribution >= 0.6 is 23.1 Å². The number of amides is 2. The predicted octanol–water partition coefficient (Wildman–Crippen LogP) is 6.01. The van der Waals surface area contributed by atoms with E-state index in [9.17, 15) is 20.1 Å². The van der Waals surface area contributed by atoms with Crippen molar-refractivity contribution in [2.24, 2.45) is 0 Å². The van der Waals surface area contributed by atoms with E-state index in [2.05, 4.69) is 17.4 Å². The molecule has 37 heavy (non-hydrogen) atoms. The number of nitrogens with one attached hydrogen (secondary N) is 1. The van der Waals surface area contributed by atoms with E-state index in [1.54, 1.807) is 35.6 Å². The number of aryl methyl sites for hydroxylation is 1. The van der Waals surface area contributed by atoms with E-state index in [4.69, 9.17) is 4.98 Å². The third-order valence-electron chi connectivity index (χ3n) is 5.76. The van der Waals surface area contributed by atoms with Crippen molar-refractivity contribution in [1.29, 1.82) is 10.5 Å². The Bertz CT molecular complexity index is 1610. The average Bonchev–Trinajstić information content (AvgIpc) is 3.45. The van der Waals surface area contributed by atoms with Gasteiger partial charge in [0.1, 0.15) is 22.2 Å². The number of nitriles is 2. The maximum absolute atomic E-state index is 13.3. The molecular weight excluding hydrogens is 502 g/mol. The van der Waals surface area contributed by atoms with Gasteiger partial charge < -0.3 is 5.32 Å². The monoisotopic (exact) mass is 521 g/mol. The van der Waals surface area contributed by atoms with Crippen LogP contribution in [0.2, 0.25) is 0 Å². The lowest BCUT2D eigenvalue weighted by molar-refractivity contribution is -0.121. The first-order valence-corrected chi connectivity index (χ1v) is 13.0. The van der Waals surface area contributed by atoms with Gasteiger partial charge in [-0.3, -0.25) is 9.59 Å². The molecule has 1 N–H and O–H groups in total. The number of nitrogens with zero attached hydrogens (tertiary/aromatic N) is 4. The second kappa shape index (κ2) is 10.3. The van der Waals surface area contributed by atoms with Crippen molar-refractivity contribution in [3.8, 4) is 22.7 Å². The van der Waals surface area contributed by atoms with E-state index >= 15 is 0 Å². The second-order valence-corrected chi connectivity index (χ2v) is 10.6. The lowest BCUT2D eigenvalue weighted by Gasteiger charge is -2.16. The van der Waals surface area contributed by atoms with Crippen molar-refractivity contribution < 1.29 is 9.59 Å². The third kappa shape index (κ3) is 4.96. The Kier molecular flexibility index (Phi) is 6.74. The number of hydrogen-bond donors (Lipinski definition) is 1. The smallest absolute Gasteiger partial charge is 0.247 e. The number of anilines is 2. The lowest BCUT2D eigenvalue weighted by Crippen LogP contribution is -2.31. The molecule has 9 heteroatoms. The summed E-state index contributed by atoms with van der Waals surface area (Å²) in [5, 5.41) is 22.2. The summed E-state index contributed by atoms with van der Waals surface area (Å²) in [6.07, 6.45) is -0.0351. The summed E-state index contributed by atoms with van der Waals surface area (Å²) >= 11 is 2.61. The van der Waals surface area contributed by atoms with E-state index in [1.165, 1.54) is 4.90 Å². The summed E-state index contributed by atoms with van der Waals surface area (Å²) in [6.45, 7) is 2.03. The zero-order valence-corrected chi connectivity index (χ0v) is 21.3. The molecule has 7 nitrogen and oxygen atoms in total. The summed E-state index contributed by atoms with van der Waals surface area (Å²) in [6, 6.07) is 26.1. The maximum atomic E-state index is 13.3. The van der Waals surface area contributed by atoms with Crippen LogP contribution in [0.25, 0.3) is 20.8 Å². The highest BCUT2D eigenvalue weighted by Gasteiger charge is 2.41. The second-order valence-electron chi connectivity index (χ2n) is 8.33. The summed E-state index contributed by atoms with van der Waals surface area (Å²) < 4.78 is 1.09. The molecule has 0 bridgehead atoms. The Labute approximate surface area is 221 Å². The Morgan fingerprint density at radius 1 is 1.05 bits per heavy atom. The number of thiazole rings is 1. The minimum Gasteiger partial charge on any atom is -0.349 e. The van der Waals surface area contributed by atoms with Gasteiger partial charge in [-0.25, -0.2) is 9.88 Å². The van der Waals surface area contributed by atoms with E-state index in [0.717, 1.165) is 38.1 Å². The molecule has 0 saturated carbocycles. The maximum Gasteiger partial charge on any atom is 0.247 e. The predicted molar refractivity (Wildman–Crippen MR) is 147 cm³/mol. The third-order valence-corrected chi connectivity index (χ3v) is 8.04. The number of aromatic nitrogens is 1. The molecule has 0 aliphatic carbocycles. The summed E-state index contributed by atoms with van der Waals surface area (Å²) in [4.78, 5) is 32.0. The van der Waals surface area contributed by atoms with Crippen molar-refractivity contribution in [3.63, 3.8) is 0 Å². The molecule has 1 aliphatic heterocycles. The van der Waals surface area contributed by atoms with Crippen LogP contribution in [0.4, 0.5) is 11.4 Å². The van der Waals surface area contributed by atoms with Gasteiger partial charge in [-0.05, 0) is 61.0 Å². The number of fused-ring (bicyclic) bond motifs is 1. The molecule has 1 aromatic heterocycles. The van der Waals surface area contributed by atoms with Crippen molar-refractivity contribution in [3.05, 3.63) is 89.0 Å². The van der Waals surface area contributed by atoms with Gasteiger partial charge >= 0.3 is 0 Å². The lowest BCUT2D eigenvalue weighted by atomic mass is 10.2. The highest BCUT2D eigenvalue weighted by Crippen LogP contribution is 2.36. The number of para-hydroxylation sites is 1. The number of thioether (sulfide) groups is 1. The molecule has 1 fully saturated rings. The number of imide groups is 1. The van der Waals surface area contributed by atoms with Gasteiger partial charge in [0.25, 0.3) is 0 Å². The number of carbonyl (C=O) groups is 2. The molecule has 180 valence electrons. The molecule has 0 spiro atoms. The Hall–Kier alpha value is -4.44. The first-order chi connectivity index (χ1) is 18.0. The Morgan fingerprint density at radius 3 is 2.49 bits per heavy atom. The van der Waals surface area contributed by atoms with Gasteiger partial charge in [0.05, 0.1) is 21.2 Å². The van der Waals surface area contributed by atoms with Crippen LogP contribution in [0.15, 0.2) is 83.4 Å². The number of benzene rings is 3. The first kappa shape index (κ1) is 24.3. The van der Waals surface area contributed by atoms with Crippen LogP contribution in [-0.2, 0) is 9.59 Å². The summed E-state index contributed by atoms with van der Waals surface area (Å²) in [5.41, 5.74) is 3.98. The molecule has 1 atom stereocenters. The van der Waals surface area contributed by atoms with Crippen LogP contribution < -0.4 is 10.2 Å². The van der Waals surface area contributed by atoms with Crippen LogP contribution in [-0.4, -0.2) is 22.0 Å². The normalized spacial score (nSPS) is 14.9.